The normalized spacial score (nSPS) is 11.8. The Labute approximate surface area is 120 Å². The Bertz CT molecular complexity index is 617. The van der Waals surface area contributed by atoms with Gasteiger partial charge in [0.05, 0.1) is 6.10 Å². The monoisotopic (exact) mass is 292 g/mol. The van der Waals surface area contributed by atoms with E-state index in [0.717, 1.165) is 0 Å². The van der Waals surface area contributed by atoms with Crippen molar-refractivity contribution < 1.29 is 18.7 Å². The van der Waals surface area contributed by atoms with Crippen LogP contribution in [0.25, 0.3) is 0 Å². The molecular weight excluding hydrogens is 278 g/mol. The number of urea groups is 1. The molecule has 21 heavy (non-hydrogen) atoms. The molecule has 0 bridgehead atoms. The van der Waals surface area contributed by atoms with Gasteiger partial charge in [-0.1, -0.05) is 18.2 Å². The first-order chi connectivity index (χ1) is 10.0. The highest BCUT2D eigenvalue weighted by Gasteiger charge is 2.09. The second-order valence-electron chi connectivity index (χ2n) is 4.41. The van der Waals surface area contributed by atoms with Crippen LogP contribution in [0.5, 0.6) is 0 Å². The minimum Gasteiger partial charge on any atom is -0.387 e. The van der Waals surface area contributed by atoms with Crippen LogP contribution >= 0.6 is 0 Å². The molecule has 1 atom stereocenters. The summed E-state index contributed by atoms with van der Waals surface area (Å²) in [6.07, 6.45) is -0.955. The highest BCUT2D eigenvalue weighted by molar-refractivity contribution is 5.89. The van der Waals surface area contributed by atoms with Crippen LogP contribution < -0.4 is 10.6 Å². The molecule has 4 nitrogen and oxygen atoms in total. The van der Waals surface area contributed by atoms with Crippen molar-refractivity contribution in [1.29, 1.82) is 0 Å². The molecule has 0 aliphatic rings. The third kappa shape index (κ3) is 4.54. The Balaban J connectivity index is 1.84. The predicted molar refractivity (Wildman–Crippen MR) is 74.8 cm³/mol. The fourth-order valence-electron chi connectivity index (χ4n) is 1.73. The van der Waals surface area contributed by atoms with E-state index in [1.807, 2.05) is 0 Å². The van der Waals surface area contributed by atoms with Crippen LogP contribution in [-0.4, -0.2) is 17.7 Å². The molecule has 6 heteroatoms. The summed E-state index contributed by atoms with van der Waals surface area (Å²) in [5.41, 5.74) is 0.797. The number of hydrogen-bond acceptors (Lipinski definition) is 2. The van der Waals surface area contributed by atoms with Crippen molar-refractivity contribution in [3.63, 3.8) is 0 Å². The summed E-state index contributed by atoms with van der Waals surface area (Å²) in [6, 6.07) is 10.2. The van der Waals surface area contributed by atoms with E-state index in [1.54, 1.807) is 6.07 Å². The van der Waals surface area contributed by atoms with Crippen molar-refractivity contribution in [3.05, 3.63) is 65.7 Å². The van der Waals surface area contributed by atoms with E-state index in [1.165, 1.54) is 42.5 Å². The van der Waals surface area contributed by atoms with Crippen LogP contribution in [0.15, 0.2) is 48.5 Å². The molecule has 0 aliphatic carbocycles. The molecule has 2 aromatic rings. The molecule has 0 saturated heterocycles. The Morgan fingerprint density at radius 2 is 1.81 bits per heavy atom. The number of nitrogens with one attached hydrogen (secondary N) is 2. The summed E-state index contributed by atoms with van der Waals surface area (Å²) in [4.78, 5) is 11.6. The minimum absolute atomic E-state index is 0.0488. The summed E-state index contributed by atoms with van der Waals surface area (Å²) in [5.74, 6) is -0.859. The number of carbonyl (C=O) groups is 1. The highest BCUT2D eigenvalue weighted by atomic mass is 19.1. The topological polar surface area (TPSA) is 61.4 Å². The van der Waals surface area contributed by atoms with E-state index in [-0.39, 0.29) is 6.54 Å². The molecule has 2 rings (SSSR count). The molecule has 0 fully saturated rings. The molecule has 0 radical (unpaired) electrons. The average molecular weight is 292 g/mol. The van der Waals surface area contributed by atoms with E-state index < -0.39 is 23.8 Å². The standard InChI is InChI=1S/C15H14F2N2O2/c16-11-6-4-10(5-7-11)14(20)9-18-15(21)19-13-3-1-2-12(17)8-13/h1-8,14,20H,9H2,(H2,18,19,21)/t14-/m1/s1. The summed E-state index contributed by atoms with van der Waals surface area (Å²) in [6.45, 7) is -0.0488. The van der Waals surface area contributed by atoms with Gasteiger partial charge in [-0.3, -0.25) is 0 Å². The fourth-order valence-corrected chi connectivity index (χ4v) is 1.73. The van der Waals surface area contributed by atoms with Crippen LogP contribution in [0, 0.1) is 11.6 Å². The number of halogens is 2. The lowest BCUT2D eigenvalue weighted by Gasteiger charge is -2.13. The predicted octanol–water partition coefficient (Wildman–Crippen LogP) is 2.82. The summed E-state index contributed by atoms with van der Waals surface area (Å²) in [7, 11) is 0. The first-order valence-corrected chi connectivity index (χ1v) is 6.28. The maximum absolute atomic E-state index is 12.9. The first-order valence-electron chi connectivity index (χ1n) is 6.28. The lowest BCUT2D eigenvalue weighted by molar-refractivity contribution is 0.175. The number of aliphatic hydroxyl groups is 1. The maximum Gasteiger partial charge on any atom is 0.319 e. The van der Waals surface area contributed by atoms with Crippen LogP contribution in [0.3, 0.4) is 0 Å². The van der Waals surface area contributed by atoms with Crippen LogP contribution in [-0.2, 0) is 0 Å². The fraction of sp³-hybridized carbons (Fsp3) is 0.133. The van der Waals surface area contributed by atoms with Crippen LogP contribution in [0.2, 0.25) is 0 Å². The van der Waals surface area contributed by atoms with E-state index in [9.17, 15) is 18.7 Å². The van der Waals surface area contributed by atoms with E-state index in [2.05, 4.69) is 10.6 Å². The SMILES string of the molecule is O=C(NC[C@@H](O)c1ccc(F)cc1)Nc1cccc(F)c1. The lowest BCUT2D eigenvalue weighted by Crippen LogP contribution is -2.32. The third-order valence-corrected chi connectivity index (χ3v) is 2.79. The molecule has 3 N–H and O–H groups in total. The van der Waals surface area contributed by atoms with Gasteiger partial charge in [0.2, 0.25) is 0 Å². The zero-order chi connectivity index (χ0) is 15.2. The van der Waals surface area contributed by atoms with Gasteiger partial charge in [0.25, 0.3) is 0 Å². The van der Waals surface area contributed by atoms with E-state index in [0.29, 0.717) is 11.3 Å². The molecule has 2 amide bonds. The number of aliphatic hydroxyl groups excluding tert-OH is 1. The van der Waals surface area contributed by atoms with Crippen molar-refractivity contribution in [2.24, 2.45) is 0 Å². The second-order valence-corrected chi connectivity index (χ2v) is 4.41. The smallest absolute Gasteiger partial charge is 0.319 e. The van der Waals surface area contributed by atoms with Gasteiger partial charge >= 0.3 is 6.03 Å². The van der Waals surface area contributed by atoms with Gasteiger partial charge in [-0.05, 0) is 35.9 Å². The quantitative estimate of drug-likeness (QED) is 0.811. The number of anilines is 1. The highest BCUT2D eigenvalue weighted by Crippen LogP contribution is 2.13. The second kappa shape index (κ2) is 6.81. The third-order valence-electron chi connectivity index (χ3n) is 2.79. The van der Waals surface area contributed by atoms with Gasteiger partial charge in [-0.2, -0.15) is 0 Å². The van der Waals surface area contributed by atoms with Gasteiger partial charge in [0, 0.05) is 12.2 Å². The molecular formula is C15H14F2N2O2. The Morgan fingerprint density at radius 1 is 1.10 bits per heavy atom. The molecule has 0 unspecified atom stereocenters. The number of amides is 2. The van der Waals surface area contributed by atoms with Gasteiger partial charge in [-0.15, -0.1) is 0 Å². The van der Waals surface area contributed by atoms with E-state index >= 15 is 0 Å². The Morgan fingerprint density at radius 3 is 2.48 bits per heavy atom. The minimum atomic E-state index is -0.955. The first kappa shape index (κ1) is 14.9. The Kier molecular flexibility index (Phi) is 4.84. The maximum atomic E-state index is 12.9. The van der Waals surface area contributed by atoms with Crippen molar-refractivity contribution in [2.45, 2.75) is 6.10 Å². The average Bonchev–Trinajstić information content (AvgIpc) is 2.45. The van der Waals surface area contributed by atoms with Crippen molar-refractivity contribution in [2.75, 3.05) is 11.9 Å². The van der Waals surface area contributed by atoms with E-state index in [4.69, 9.17) is 0 Å². The van der Waals surface area contributed by atoms with Gasteiger partial charge in [0.15, 0.2) is 0 Å². The number of rotatable bonds is 4. The van der Waals surface area contributed by atoms with Gasteiger partial charge in [-0.25, -0.2) is 13.6 Å². The van der Waals surface area contributed by atoms with Crippen LogP contribution in [0.4, 0.5) is 19.3 Å². The van der Waals surface area contributed by atoms with Gasteiger partial charge in [0.1, 0.15) is 11.6 Å². The van der Waals surface area contributed by atoms with Gasteiger partial charge < -0.3 is 15.7 Å². The Hall–Kier alpha value is -2.47. The lowest BCUT2D eigenvalue weighted by atomic mass is 10.1. The van der Waals surface area contributed by atoms with Crippen molar-refractivity contribution >= 4 is 11.7 Å². The molecule has 110 valence electrons. The summed E-state index contributed by atoms with van der Waals surface area (Å²) in [5, 5.41) is 14.7. The largest absolute Gasteiger partial charge is 0.387 e. The molecule has 0 aromatic heterocycles. The molecule has 2 aromatic carbocycles. The number of carbonyl (C=O) groups excluding carboxylic acids is 1. The zero-order valence-corrected chi connectivity index (χ0v) is 11.0. The van der Waals surface area contributed by atoms with Crippen LogP contribution in [0.1, 0.15) is 11.7 Å². The molecule has 0 aliphatic heterocycles. The van der Waals surface area contributed by atoms with Crippen molar-refractivity contribution in [1.82, 2.24) is 5.32 Å². The zero-order valence-electron chi connectivity index (χ0n) is 11.0. The number of benzene rings is 2. The van der Waals surface area contributed by atoms with Crippen molar-refractivity contribution in [3.8, 4) is 0 Å². The number of hydrogen-bond donors (Lipinski definition) is 3. The molecule has 0 heterocycles. The molecule has 0 spiro atoms. The summed E-state index contributed by atoms with van der Waals surface area (Å²) >= 11 is 0. The summed E-state index contributed by atoms with van der Waals surface area (Å²) < 4.78 is 25.7. The molecule has 0 saturated carbocycles.